The summed E-state index contributed by atoms with van der Waals surface area (Å²) in [6.07, 6.45) is 1.35. The minimum absolute atomic E-state index is 0.193. The summed E-state index contributed by atoms with van der Waals surface area (Å²) < 4.78 is 28.8. The van der Waals surface area contributed by atoms with Crippen LogP contribution in [0.3, 0.4) is 0 Å². The normalized spacial score (nSPS) is 12.4. The number of nitrogens with two attached hydrogens (primary N) is 1. The number of carbonyl (C=O) groups is 1. The van der Waals surface area contributed by atoms with E-state index >= 15 is 0 Å². The van der Waals surface area contributed by atoms with Crippen molar-refractivity contribution in [2.24, 2.45) is 5.73 Å². The van der Waals surface area contributed by atoms with Gasteiger partial charge in [-0.1, -0.05) is 24.3 Å². The van der Waals surface area contributed by atoms with Gasteiger partial charge in [0.15, 0.2) is 9.84 Å². The van der Waals surface area contributed by atoms with E-state index in [1.54, 1.807) is 37.4 Å². The number of amides is 1. The van der Waals surface area contributed by atoms with Gasteiger partial charge in [-0.2, -0.15) is 0 Å². The van der Waals surface area contributed by atoms with Gasteiger partial charge in [0.1, 0.15) is 5.75 Å². The molecular weight excluding hydrogens is 340 g/mol. The van der Waals surface area contributed by atoms with Crippen molar-refractivity contribution in [3.63, 3.8) is 0 Å². The zero-order valence-electron chi connectivity index (χ0n) is 14.2. The Labute approximate surface area is 147 Å². The second-order valence-electron chi connectivity index (χ2n) is 5.66. The first-order valence-electron chi connectivity index (χ1n) is 7.78. The molecule has 0 aliphatic rings. The number of ether oxygens (including phenoxy) is 1. The Balaban J connectivity index is 2.45. The number of sulfone groups is 1. The van der Waals surface area contributed by atoms with Crippen LogP contribution in [0.25, 0.3) is 0 Å². The van der Waals surface area contributed by atoms with E-state index in [0.717, 1.165) is 11.8 Å². The van der Waals surface area contributed by atoms with Crippen LogP contribution in [0.15, 0.2) is 53.4 Å². The van der Waals surface area contributed by atoms with Crippen LogP contribution in [0.5, 0.6) is 5.75 Å². The fraction of sp³-hybridized carbons (Fsp3) is 0.278. The molecule has 1 amide bonds. The maximum Gasteiger partial charge on any atom is 0.222 e. The van der Waals surface area contributed by atoms with Crippen LogP contribution in [0, 0.1) is 0 Å². The summed E-state index contributed by atoms with van der Waals surface area (Å²) in [7, 11) is -1.77. The molecule has 0 aliphatic heterocycles. The van der Waals surface area contributed by atoms with E-state index in [9.17, 15) is 13.2 Å². The molecule has 2 aromatic carbocycles. The standard InChI is InChI=1S/C18H22N2O4S/c1-24-15-8-6-13(7-9-15)18(20-17(21)10-11-19)14-4-3-5-16(12-14)25(2,22)23/h3-9,12,18H,10-11,19H2,1-2H3,(H,20,21). The Bertz CT molecular complexity index is 832. The first-order valence-corrected chi connectivity index (χ1v) is 9.67. The van der Waals surface area contributed by atoms with Gasteiger partial charge in [-0.3, -0.25) is 4.79 Å². The van der Waals surface area contributed by atoms with Crippen LogP contribution in [0.4, 0.5) is 0 Å². The molecule has 0 radical (unpaired) electrons. The summed E-state index contributed by atoms with van der Waals surface area (Å²) in [4.78, 5) is 12.3. The van der Waals surface area contributed by atoms with Crippen molar-refractivity contribution in [3.05, 3.63) is 59.7 Å². The number of carbonyl (C=O) groups excluding carboxylic acids is 1. The van der Waals surface area contributed by atoms with Crippen LogP contribution < -0.4 is 15.8 Å². The minimum Gasteiger partial charge on any atom is -0.497 e. The van der Waals surface area contributed by atoms with E-state index in [4.69, 9.17) is 10.5 Å². The number of nitrogens with one attached hydrogen (secondary N) is 1. The van der Waals surface area contributed by atoms with Gasteiger partial charge in [0.05, 0.1) is 18.0 Å². The molecule has 0 saturated heterocycles. The van der Waals surface area contributed by atoms with E-state index in [1.165, 1.54) is 6.07 Å². The van der Waals surface area contributed by atoms with Crippen LogP contribution in [-0.4, -0.2) is 34.2 Å². The lowest BCUT2D eigenvalue weighted by atomic mass is 9.98. The van der Waals surface area contributed by atoms with E-state index in [1.807, 2.05) is 12.1 Å². The Morgan fingerprint density at radius 1 is 1.16 bits per heavy atom. The van der Waals surface area contributed by atoms with Crippen LogP contribution in [0.1, 0.15) is 23.6 Å². The predicted molar refractivity (Wildman–Crippen MR) is 96.2 cm³/mol. The SMILES string of the molecule is COc1ccc(C(NC(=O)CCN)c2cccc(S(C)(=O)=O)c2)cc1. The van der Waals surface area contributed by atoms with Gasteiger partial charge in [0.2, 0.25) is 5.91 Å². The number of hydrogen-bond donors (Lipinski definition) is 2. The zero-order valence-corrected chi connectivity index (χ0v) is 15.0. The molecule has 0 heterocycles. The Kier molecular flexibility index (Phi) is 6.17. The van der Waals surface area contributed by atoms with Crippen molar-refractivity contribution in [3.8, 4) is 5.75 Å². The van der Waals surface area contributed by atoms with E-state index in [-0.39, 0.29) is 23.8 Å². The minimum atomic E-state index is -3.34. The van der Waals surface area contributed by atoms with Crippen LogP contribution in [0.2, 0.25) is 0 Å². The Hall–Kier alpha value is -2.38. The van der Waals surface area contributed by atoms with E-state index in [0.29, 0.717) is 11.3 Å². The van der Waals surface area contributed by atoms with Gasteiger partial charge in [0, 0.05) is 19.2 Å². The topological polar surface area (TPSA) is 98.5 Å². The third-order valence-electron chi connectivity index (χ3n) is 3.75. The molecule has 2 rings (SSSR count). The maximum absolute atomic E-state index is 12.1. The Morgan fingerprint density at radius 2 is 1.84 bits per heavy atom. The molecule has 0 fully saturated rings. The molecule has 0 aliphatic carbocycles. The molecule has 3 N–H and O–H groups in total. The lowest BCUT2D eigenvalue weighted by molar-refractivity contribution is -0.121. The van der Waals surface area contributed by atoms with E-state index in [2.05, 4.69) is 5.32 Å². The van der Waals surface area contributed by atoms with Gasteiger partial charge in [-0.25, -0.2) is 8.42 Å². The molecule has 1 atom stereocenters. The molecule has 2 aromatic rings. The highest BCUT2D eigenvalue weighted by atomic mass is 32.2. The highest BCUT2D eigenvalue weighted by Gasteiger charge is 2.19. The lowest BCUT2D eigenvalue weighted by Gasteiger charge is -2.20. The molecule has 134 valence electrons. The van der Waals surface area contributed by atoms with Crippen molar-refractivity contribution in [2.75, 3.05) is 19.9 Å². The summed E-state index contributed by atoms with van der Waals surface area (Å²) in [5.41, 5.74) is 6.94. The summed E-state index contributed by atoms with van der Waals surface area (Å²) in [5.74, 6) is 0.494. The predicted octanol–water partition coefficient (Wildman–Crippen LogP) is 1.65. The molecule has 1 unspecified atom stereocenters. The fourth-order valence-corrected chi connectivity index (χ4v) is 3.12. The highest BCUT2D eigenvalue weighted by molar-refractivity contribution is 7.90. The van der Waals surface area contributed by atoms with Gasteiger partial charge in [-0.15, -0.1) is 0 Å². The summed E-state index contributed by atoms with van der Waals surface area (Å²) in [5, 5.41) is 2.91. The van der Waals surface area contributed by atoms with E-state index < -0.39 is 15.9 Å². The summed E-state index contributed by atoms with van der Waals surface area (Å²) in [6, 6.07) is 13.3. The first-order chi connectivity index (χ1) is 11.8. The summed E-state index contributed by atoms with van der Waals surface area (Å²) in [6.45, 7) is 0.241. The largest absolute Gasteiger partial charge is 0.497 e. The monoisotopic (exact) mass is 362 g/mol. The molecule has 0 bridgehead atoms. The molecule has 25 heavy (non-hydrogen) atoms. The molecular formula is C18H22N2O4S. The van der Waals surface area contributed by atoms with Crippen molar-refractivity contribution in [2.45, 2.75) is 17.4 Å². The van der Waals surface area contributed by atoms with Crippen molar-refractivity contribution >= 4 is 15.7 Å². The zero-order chi connectivity index (χ0) is 18.4. The second kappa shape index (κ2) is 8.13. The quantitative estimate of drug-likeness (QED) is 0.780. The second-order valence-corrected chi connectivity index (χ2v) is 7.67. The molecule has 0 saturated carbocycles. The molecule has 0 spiro atoms. The van der Waals surface area contributed by atoms with Gasteiger partial charge in [-0.05, 0) is 35.4 Å². The third-order valence-corrected chi connectivity index (χ3v) is 4.86. The first kappa shape index (κ1) is 19.0. The lowest BCUT2D eigenvalue weighted by Crippen LogP contribution is -2.30. The fourth-order valence-electron chi connectivity index (χ4n) is 2.44. The van der Waals surface area contributed by atoms with Gasteiger partial charge >= 0.3 is 0 Å². The average molecular weight is 362 g/mol. The Morgan fingerprint density at radius 3 is 2.40 bits per heavy atom. The van der Waals surface area contributed by atoms with Crippen LogP contribution >= 0.6 is 0 Å². The number of benzene rings is 2. The number of hydrogen-bond acceptors (Lipinski definition) is 5. The number of methoxy groups -OCH3 is 1. The molecule has 0 aromatic heterocycles. The smallest absolute Gasteiger partial charge is 0.222 e. The summed E-state index contributed by atoms with van der Waals surface area (Å²) >= 11 is 0. The third kappa shape index (κ3) is 5.04. The van der Waals surface area contributed by atoms with Gasteiger partial charge < -0.3 is 15.8 Å². The van der Waals surface area contributed by atoms with Crippen molar-refractivity contribution in [1.82, 2.24) is 5.32 Å². The average Bonchev–Trinajstić information content (AvgIpc) is 2.59. The number of rotatable bonds is 7. The van der Waals surface area contributed by atoms with Crippen molar-refractivity contribution in [1.29, 1.82) is 0 Å². The van der Waals surface area contributed by atoms with Crippen molar-refractivity contribution < 1.29 is 17.9 Å². The maximum atomic E-state index is 12.1. The molecule has 6 nitrogen and oxygen atoms in total. The van der Waals surface area contributed by atoms with Gasteiger partial charge in [0.25, 0.3) is 0 Å². The highest BCUT2D eigenvalue weighted by Crippen LogP contribution is 2.26. The van der Waals surface area contributed by atoms with Crippen LogP contribution in [-0.2, 0) is 14.6 Å². The molecule has 7 heteroatoms.